The number of ketones is 1. The fraction of sp³-hybridized carbons (Fsp3) is 0.100. The lowest BCUT2D eigenvalue weighted by Crippen LogP contribution is -2.20. The maximum absolute atomic E-state index is 13.1. The first kappa shape index (κ1) is 19.6. The lowest BCUT2D eigenvalue weighted by molar-refractivity contribution is -0.137. The molecule has 0 unspecified atom stereocenters. The number of hydrogen-bond donors (Lipinski definition) is 1. The summed E-state index contributed by atoms with van der Waals surface area (Å²) in [5.74, 6) is 0.253. The van der Waals surface area contributed by atoms with Crippen molar-refractivity contribution in [3.05, 3.63) is 84.8 Å². The Morgan fingerprint density at radius 3 is 2.43 bits per heavy atom. The van der Waals surface area contributed by atoms with Crippen molar-refractivity contribution in [2.45, 2.75) is 6.18 Å². The molecule has 28 heavy (non-hydrogen) atoms. The minimum absolute atomic E-state index is 0.0745. The largest absolute Gasteiger partial charge is 0.497 e. The van der Waals surface area contributed by atoms with Crippen LogP contribution in [0, 0.1) is 0 Å². The van der Waals surface area contributed by atoms with Crippen molar-refractivity contribution in [2.24, 2.45) is 0 Å². The summed E-state index contributed by atoms with van der Waals surface area (Å²) in [7, 11) is 1.51. The molecule has 0 aliphatic heterocycles. The predicted molar refractivity (Wildman–Crippen MR) is 101 cm³/mol. The maximum atomic E-state index is 13.1. The van der Waals surface area contributed by atoms with Gasteiger partial charge in [0.1, 0.15) is 5.75 Å². The molecule has 1 heterocycles. The zero-order chi connectivity index (χ0) is 20.3. The number of carbonyl (C=O) groups is 1. The summed E-state index contributed by atoms with van der Waals surface area (Å²) in [5.41, 5.74) is -1.11. The number of halogens is 3. The van der Waals surface area contributed by atoms with E-state index in [0.29, 0.717) is 11.3 Å². The fourth-order valence-corrected chi connectivity index (χ4v) is 3.38. The molecule has 1 aromatic heterocycles. The number of aromatic nitrogens is 1. The summed E-state index contributed by atoms with van der Waals surface area (Å²) in [6, 6.07) is 11.4. The number of aromatic amines is 1. The van der Waals surface area contributed by atoms with Gasteiger partial charge in [-0.05, 0) is 42.0 Å². The van der Waals surface area contributed by atoms with Crippen LogP contribution in [-0.4, -0.2) is 17.9 Å². The van der Waals surface area contributed by atoms with E-state index >= 15 is 0 Å². The third-order valence-corrected chi connectivity index (χ3v) is 4.83. The highest BCUT2D eigenvalue weighted by Gasteiger charge is 2.32. The van der Waals surface area contributed by atoms with E-state index in [-0.39, 0.29) is 20.5 Å². The molecule has 2 aromatic carbocycles. The van der Waals surface area contributed by atoms with Crippen LogP contribution in [0.25, 0.3) is 12.2 Å². The van der Waals surface area contributed by atoms with E-state index in [0.717, 1.165) is 17.4 Å². The van der Waals surface area contributed by atoms with Crippen LogP contribution in [0.1, 0.15) is 21.5 Å². The summed E-state index contributed by atoms with van der Waals surface area (Å²) >= 11 is 0.912. The number of alkyl halides is 3. The van der Waals surface area contributed by atoms with Gasteiger partial charge < -0.3 is 9.72 Å². The molecule has 0 radical (unpaired) electrons. The smallest absolute Gasteiger partial charge is 0.416 e. The Labute approximate surface area is 161 Å². The van der Waals surface area contributed by atoms with Crippen molar-refractivity contribution >= 4 is 29.3 Å². The number of thiazole rings is 1. The maximum Gasteiger partial charge on any atom is 0.416 e. The molecular formula is C20H14F3NO3S. The number of ether oxygens (including phenoxy) is 1. The number of benzene rings is 2. The van der Waals surface area contributed by atoms with Crippen LogP contribution in [0.3, 0.4) is 0 Å². The molecule has 0 saturated carbocycles. The van der Waals surface area contributed by atoms with Gasteiger partial charge in [-0.15, -0.1) is 11.3 Å². The van der Waals surface area contributed by atoms with Gasteiger partial charge >= 0.3 is 6.18 Å². The standard InChI is InChI=1S/C20H14F3NO3S/c1-27-14-8-6-12(7-9-14)16(25)11-18-24-19(26)17(28-18)10-13-4-2-3-5-15(13)20(21,22)23/h2-11H,1H3,(H,24,26). The lowest BCUT2D eigenvalue weighted by atomic mass is 10.1. The van der Waals surface area contributed by atoms with Crippen LogP contribution < -0.4 is 19.5 Å². The molecule has 8 heteroatoms. The topological polar surface area (TPSA) is 59.2 Å². The molecule has 0 amide bonds. The van der Waals surface area contributed by atoms with E-state index in [9.17, 15) is 22.8 Å². The van der Waals surface area contributed by atoms with Crippen LogP contribution in [0.5, 0.6) is 5.75 Å². The zero-order valence-corrected chi connectivity index (χ0v) is 15.4. The number of H-pyrrole nitrogens is 1. The first-order valence-electron chi connectivity index (χ1n) is 8.05. The van der Waals surface area contributed by atoms with Crippen molar-refractivity contribution in [2.75, 3.05) is 7.11 Å². The fourth-order valence-electron chi connectivity index (χ4n) is 2.50. The average molecular weight is 405 g/mol. The Morgan fingerprint density at radius 2 is 1.79 bits per heavy atom. The minimum Gasteiger partial charge on any atom is -0.497 e. The van der Waals surface area contributed by atoms with Crippen molar-refractivity contribution in [3.8, 4) is 5.75 Å². The quantitative estimate of drug-likeness (QED) is 0.679. The zero-order valence-electron chi connectivity index (χ0n) is 14.5. The Balaban J connectivity index is 2.00. The summed E-state index contributed by atoms with van der Waals surface area (Å²) in [6.07, 6.45) is -2.13. The van der Waals surface area contributed by atoms with Gasteiger partial charge in [0.2, 0.25) is 0 Å². The van der Waals surface area contributed by atoms with Crippen molar-refractivity contribution in [3.63, 3.8) is 0 Å². The summed E-state index contributed by atoms with van der Waals surface area (Å²) < 4.78 is 44.7. The van der Waals surface area contributed by atoms with Crippen LogP contribution in [0.4, 0.5) is 13.2 Å². The van der Waals surface area contributed by atoms with E-state index in [1.807, 2.05) is 0 Å². The van der Waals surface area contributed by atoms with E-state index in [2.05, 4.69) is 4.98 Å². The predicted octanol–water partition coefficient (Wildman–Crippen LogP) is 2.96. The van der Waals surface area contributed by atoms with E-state index < -0.39 is 17.3 Å². The van der Waals surface area contributed by atoms with Crippen LogP contribution >= 0.6 is 11.3 Å². The lowest BCUT2D eigenvalue weighted by Gasteiger charge is -2.09. The van der Waals surface area contributed by atoms with Crippen molar-refractivity contribution in [1.82, 2.24) is 4.98 Å². The molecule has 0 fully saturated rings. The number of Topliss-reactive ketones (excluding diaryl/α,β-unsaturated/α-hetero) is 1. The highest BCUT2D eigenvalue weighted by Crippen LogP contribution is 2.32. The Bertz CT molecular complexity index is 1170. The molecule has 3 aromatic rings. The summed E-state index contributed by atoms with van der Waals surface area (Å²) in [4.78, 5) is 26.9. The number of nitrogens with one attached hydrogen (secondary N) is 1. The van der Waals surface area contributed by atoms with Gasteiger partial charge in [-0.25, -0.2) is 0 Å². The molecule has 0 saturated heterocycles. The highest BCUT2D eigenvalue weighted by molar-refractivity contribution is 7.07. The van der Waals surface area contributed by atoms with Gasteiger partial charge in [0.15, 0.2) is 5.78 Å². The first-order chi connectivity index (χ1) is 13.3. The van der Waals surface area contributed by atoms with Gasteiger partial charge in [0.05, 0.1) is 21.9 Å². The molecule has 0 atom stereocenters. The second-order valence-corrected chi connectivity index (χ2v) is 6.83. The minimum atomic E-state index is -4.53. The van der Waals surface area contributed by atoms with Crippen molar-refractivity contribution in [1.29, 1.82) is 0 Å². The normalized spacial score (nSPS) is 13.0. The van der Waals surface area contributed by atoms with Crippen LogP contribution in [-0.2, 0) is 6.18 Å². The molecule has 144 valence electrons. The van der Waals surface area contributed by atoms with E-state index in [1.165, 1.54) is 37.5 Å². The number of methoxy groups -OCH3 is 1. The first-order valence-corrected chi connectivity index (χ1v) is 8.87. The second kappa shape index (κ2) is 7.85. The van der Waals surface area contributed by atoms with Crippen molar-refractivity contribution < 1.29 is 22.7 Å². The molecule has 0 bridgehead atoms. The van der Waals surface area contributed by atoms with Gasteiger partial charge in [-0.3, -0.25) is 9.59 Å². The van der Waals surface area contributed by atoms with Crippen LogP contribution in [0.2, 0.25) is 0 Å². The molecule has 0 aliphatic rings. The van der Waals surface area contributed by atoms with Crippen LogP contribution in [0.15, 0.2) is 53.3 Å². The molecule has 1 N–H and O–H groups in total. The SMILES string of the molecule is COc1ccc(C(=O)C=c2[nH]c(=O)c(=Cc3ccccc3C(F)(F)F)s2)cc1. The van der Waals surface area contributed by atoms with Gasteiger partial charge in [-0.1, -0.05) is 18.2 Å². The summed E-state index contributed by atoms with van der Waals surface area (Å²) in [6.45, 7) is 0. The third kappa shape index (κ3) is 4.40. The molecule has 0 aliphatic carbocycles. The Morgan fingerprint density at radius 1 is 1.11 bits per heavy atom. The molecule has 3 rings (SSSR count). The van der Waals surface area contributed by atoms with Gasteiger partial charge in [0.25, 0.3) is 5.56 Å². The van der Waals surface area contributed by atoms with Gasteiger partial charge in [-0.2, -0.15) is 13.2 Å². The monoisotopic (exact) mass is 405 g/mol. The average Bonchev–Trinajstić information content (AvgIpc) is 3.00. The summed E-state index contributed by atoms with van der Waals surface area (Å²) in [5, 5.41) is 0. The third-order valence-electron chi connectivity index (χ3n) is 3.87. The van der Waals surface area contributed by atoms with Gasteiger partial charge in [0, 0.05) is 11.6 Å². The molecule has 0 spiro atoms. The number of rotatable bonds is 4. The second-order valence-electron chi connectivity index (χ2n) is 5.75. The molecular weight excluding hydrogens is 391 g/mol. The Hall–Kier alpha value is -3.13. The van der Waals surface area contributed by atoms with E-state index in [1.54, 1.807) is 24.3 Å². The highest BCUT2D eigenvalue weighted by atomic mass is 32.1. The van der Waals surface area contributed by atoms with E-state index in [4.69, 9.17) is 4.74 Å². The molecule has 4 nitrogen and oxygen atoms in total. The number of hydrogen-bond acceptors (Lipinski definition) is 4. The number of carbonyl (C=O) groups excluding carboxylic acids is 1. The Kier molecular flexibility index (Phi) is 5.51.